The zero-order valence-electron chi connectivity index (χ0n) is 33.3. The molecule has 0 bridgehead atoms. The number of hydrogen-bond donors (Lipinski definition) is 0. The molecule has 4 aromatic carbocycles. The number of carbonyl (C=O) groups excluding carboxylic acids is 2. The number of carbonyl (C=O) groups is 2. The van der Waals surface area contributed by atoms with E-state index in [0.29, 0.717) is 21.0 Å². The maximum atomic E-state index is 14.4. The molecular weight excluding hydrogens is 1030 g/mol. The van der Waals surface area contributed by atoms with E-state index in [4.69, 9.17) is 23.2 Å². The van der Waals surface area contributed by atoms with Crippen molar-refractivity contribution in [3.05, 3.63) is 146 Å². The maximum absolute atomic E-state index is 14.4. The van der Waals surface area contributed by atoms with Gasteiger partial charge in [-0.25, -0.2) is 8.78 Å². The summed E-state index contributed by atoms with van der Waals surface area (Å²) in [5.41, 5.74) is -16.9. The van der Waals surface area contributed by atoms with E-state index in [0.717, 1.165) is 0 Å². The number of ketones is 2. The van der Waals surface area contributed by atoms with Crippen molar-refractivity contribution in [3.63, 3.8) is 0 Å². The molecule has 0 aliphatic rings. The van der Waals surface area contributed by atoms with Crippen LogP contribution in [0.2, 0.25) is 10.0 Å². The lowest BCUT2D eigenvalue weighted by Gasteiger charge is -2.31. The Hall–Kier alpha value is -6.24. The number of Topliss-reactive ketones (excluding diaryl/α,β-unsaturated/α-hetero) is 2. The van der Waals surface area contributed by atoms with Crippen molar-refractivity contribution in [2.75, 3.05) is 0 Å². The average molecular weight is 1050 g/mol. The van der Waals surface area contributed by atoms with Gasteiger partial charge >= 0.3 is 49.3 Å². The van der Waals surface area contributed by atoms with Crippen molar-refractivity contribution in [3.8, 4) is 11.5 Å². The second kappa shape index (κ2) is 19.6. The van der Waals surface area contributed by atoms with Crippen LogP contribution < -0.4 is 14.2 Å². The first-order chi connectivity index (χ1) is 31.7. The topological polar surface area (TPSA) is 92.4 Å². The van der Waals surface area contributed by atoms with Crippen molar-refractivity contribution in [2.24, 2.45) is 0 Å². The Labute approximate surface area is 383 Å². The van der Waals surface area contributed by atoms with Gasteiger partial charge in [0.15, 0.2) is 17.8 Å². The Morgan fingerprint density at radius 2 is 0.971 bits per heavy atom. The molecule has 6 rings (SSSR count). The van der Waals surface area contributed by atoms with E-state index < -0.39 is 117 Å². The number of nitrogens with zero attached hydrogens (tertiary/aromatic N) is 2. The van der Waals surface area contributed by atoms with Crippen molar-refractivity contribution < 1.29 is 103 Å². The molecule has 27 heteroatoms. The Morgan fingerprint density at radius 3 is 1.39 bits per heavy atom. The van der Waals surface area contributed by atoms with Gasteiger partial charge in [0.1, 0.15) is 11.5 Å². The molecule has 0 saturated heterocycles. The summed E-state index contributed by atoms with van der Waals surface area (Å²) in [6.07, 6.45) is -25.1. The molecule has 69 heavy (non-hydrogen) atoms. The average Bonchev–Trinajstić information content (AvgIpc) is 3.23. The predicted molar refractivity (Wildman–Crippen MR) is 207 cm³/mol. The third-order valence-corrected chi connectivity index (χ3v) is 10.5. The molecule has 0 N–H and O–H groups in total. The van der Waals surface area contributed by atoms with E-state index in [-0.39, 0.29) is 40.9 Å². The second-order valence-corrected chi connectivity index (χ2v) is 15.0. The van der Waals surface area contributed by atoms with Crippen molar-refractivity contribution in [1.82, 2.24) is 4.98 Å². The Morgan fingerprint density at radius 1 is 0.565 bits per heavy atom. The van der Waals surface area contributed by atoms with Gasteiger partial charge in [-0.05, 0) is 66.7 Å². The van der Waals surface area contributed by atoms with E-state index in [1.165, 1.54) is 60.9 Å². The molecule has 2 aromatic heterocycles. The lowest BCUT2D eigenvalue weighted by molar-refractivity contribution is -0.577. The van der Waals surface area contributed by atoms with Crippen LogP contribution in [-0.2, 0) is 24.2 Å². The second-order valence-electron chi connectivity index (χ2n) is 14.2. The Bertz CT molecular complexity index is 2860. The Kier molecular flexibility index (Phi) is 15.3. The molecule has 6 aromatic rings. The highest BCUT2D eigenvalue weighted by Gasteiger charge is 2.74. The molecule has 0 amide bonds. The lowest BCUT2D eigenvalue weighted by Crippen LogP contribution is -2.50. The van der Waals surface area contributed by atoms with Gasteiger partial charge in [0.2, 0.25) is 5.52 Å². The summed E-state index contributed by atoms with van der Waals surface area (Å²) in [5, 5.41) is 10.5. The highest BCUT2D eigenvalue weighted by molar-refractivity contribution is 6.32. The number of alkyl halides is 18. The quantitative estimate of drug-likeness (QED) is 0.0525. The van der Waals surface area contributed by atoms with Gasteiger partial charge in [0.25, 0.3) is 0 Å². The van der Waals surface area contributed by atoms with Gasteiger partial charge in [-0.15, -0.1) is 0 Å². The third-order valence-electron chi connectivity index (χ3n) is 9.78. The van der Waals surface area contributed by atoms with Crippen LogP contribution in [0.3, 0.4) is 0 Å². The molecule has 7 nitrogen and oxygen atoms in total. The standard InChI is InChI=1S/C21H11ClF9NO3.C21H11ClF9NO2/c22-14-7-12(19(25,20(26,27)28)21(29,30)31)8-17(35-18(23)24)13(14)9-16(33)11-3-4-15-10(6-11)2-1-5-32(15)34;22-14-7-12(19(25,20(26,27)28)21(29,30)31)8-17(34-18(23)24)13(14)9-16(33)11-3-4-15-10(6-11)2-1-5-32-15/h1-8,18H,9H2;1-8,18H,9H2. The first-order valence-electron chi connectivity index (χ1n) is 18.4. The fraction of sp³-hybridized carbons (Fsp3) is 0.238. The van der Waals surface area contributed by atoms with Gasteiger partial charge in [-0.2, -0.15) is 75.0 Å². The zero-order valence-corrected chi connectivity index (χ0v) is 34.8. The normalized spacial score (nSPS) is 12.9. The van der Waals surface area contributed by atoms with Crippen LogP contribution in [0.15, 0.2) is 97.3 Å². The van der Waals surface area contributed by atoms with Gasteiger partial charge in [-0.1, -0.05) is 29.3 Å². The highest BCUT2D eigenvalue weighted by Crippen LogP contribution is 2.56. The molecule has 0 fully saturated rings. The van der Waals surface area contributed by atoms with E-state index in [9.17, 15) is 93.8 Å². The van der Waals surface area contributed by atoms with Gasteiger partial charge in [0.05, 0.1) is 5.52 Å². The molecule has 0 atom stereocenters. The summed E-state index contributed by atoms with van der Waals surface area (Å²) in [7, 11) is 0. The number of benzene rings is 4. The van der Waals surface area contributed by atoms with Crippen LogP contribution in [0.5, 0.6) is 11.5 Å². The molecule has 0 aliphatic carbocycles. The van der Waals surface area contributed by atoms with Gasteiger partial charge in [-0.3, -0.25) is 14.6 Å². The summed E-state index contributed by atoms with van der Waals surface area (Å²) in [5.74, 6) is -4.29. The van der Waals surface area contributed by atoms with Crippen LogP contribution >= 0.6 is 23.2 Å². The number of rotatable bonds is 12. The van der Waals surface area contributed by atoms with Crippen LogP contribution in [0.4, 0.5) is 79.0 Å². The number of aromatic nitrogens is 2. The number of ether oxygens (including phenoxy) is 2. The summed E-state index contributed by atoms with van der Waals surface area (Å²) < 4.78 is 246. The van der Waals surface area contributed by atoms with E-state index in [1.54, 1.807) is 12.1 Å². The number of fused-ring (bicyclic) bond motifs is 2. The monoisotopic (exact) mass is 1050 g/mol. The molecular formula is C42H22Cl2F18N2O5. The summed E-state index contributed by atoms with van der Waals surface area (Å²) in [6, 6.07) is 13.4. The van der Waals surface area contributed by atoms with E-state index in [1.807, 2.05) is 0 Å². The first-order valence-corrected chi connectivity index (χ1v) is 19.2. The van der Waals surface area contributed by atoms with Crippen molar-refractivity contribution in [2.45, 2.75) is 62.1 Å². The predicted octanol–water partition coefficient (Wildman–Crippen LogP) is 13.6. The molecule has 370 valence electrons. The number of halogens is 20. The zero-order chi connectivity index (χ0) is 51.8. The minimum absolute atomic E-state index is 0.0200. The number of pyridine rings is 2. The molecule has 0 aliphatic heterocycles. The van der Waals surface area contributed by atoms with Crippen LogP contribution in [0, 0.1) is 5.21 Å². The third kappa shape index (κ3) is 11.1. The van der Waals surface area contributed by atoms with Crippen molar-refractivity contribution >= 4 is 56.6 Å². The molecule has 2 heterocycles. The SMILES string of the molecule is O=C(Cc1c(Cl)cc(C(F)(C(F)(F)F)C(F)(F)F)cc1OC(F)F)c1ccc2c(ccc[n+]2[O-])c1.O=C(Cc1c(Cl)cc(C(F)(C(F)(F)F)C(F)(F)F)cc1OC(F)F)c1ccc2ncccc2c1. The highest BCUT2D eigenvalue weighted by atomic mass is 35.5. The summed E-state index contributed by atoms with van der Waals surface area (Å²) in [4.78, 5) is 29.4. The minimum atomic E-state index is -6.53. The first kappa shape index (κ1) is 53.7. The van der Waals surface area contributed by atoms with Gasteiger partial charge in [0, 0.05) is 85.4 Å². The molecule has 0 unspecified atom stereocenters. The Balaban J connectivity index is 0.000000258. The minimum Gasteiger partial charge on any atom is -0.618 e. The summed E-state index contributed by atoms with van der Waals surface area (Å²) >= 11 is 11.5. The van der Waals surface area contributed by atoms with Crippen LogP contribution in [0.1, 0.15) is 43.0 Å². The molecule has 0 radical (unpaired) electrons. The van der Waals surface area contributed by atoms with Crippen LogP contribution in [0.25, 0.3) is 21.8 Å². The molecule has 0 saturated carbocycles. The summed E-state index contributed by atoms with van der Waals surface area (Å²) in [6.45, 7) is -7.48. The fourth-order valence-electron chi connectivity index (χ4n) is 6.48. The lowest BCUT2D eigenvalue weighted by atomic mass is 9.91. The fourth-order valence-corrected chi connectivity index (χ4v) is 7.04. The smallest absolute Gasteiger partial charge is 0.435 e. The number of hydrogen-bond acceptors (Lipinski definition) is 6. The maximum Gasteiger partial charge on any atom is 0.435 e. The van der Waals surface area contributed by atoms with E-state index in [2.05, 4.69) is 14.5 Å². The van der Waals surface area contributed by atoms with Crippen LogP contribution in [-0.4, -0.2) is 54.5 Å². The molecule has 0 spiro atoms. The largest absolute Gasteiger partial charge is 0.618 e. The van der Waals surface area contributed by atoms with Gasteiger partial charge < -0.3 is 14.7 Å². The van der Waals surface area contributed by atoms with E-state index >= 15 is 0 Å². The van der Waals surface area contributed by atoms with Crippen molar-refractivity contribution in [1.29, 1.82) is 0 Å².